The van der Waals surface area contributed by atoms with Crippen LogP contribution in [-0.2, 0) is 9.31 Å². The molecule has 2 heterocycles. The maximum atomic E-state index is 5.52. The normalized spacial score (nSPS) is 20.4. The van der Waals surface area contributed by atoms with Crippen LogP contribution in [-0.4, -0.2) is 26.5 Å². The van der Waals surface area contributed by atoms with Crippen LogP contribution in [0.5, 0.6) is 11.5 Å². The number of fused-ring (bicyclic) bond motifs is 1. The highest BCUT2D eigenvalue weighted by molar-refractivity contribution is 6.46. The molecule has 0 bridgehead atoms. The maximum Gasteiger partial charge on any atom is 0.548 e. The van der Waals surface area contributed by atoms with E-state index in [9.17, 15) is 0 Å². The summed E-state index contributed by atoms with van der Waals surface area (Å²) in [4.78, 5) is 0. The van der Waals surface area contributed by atoms with Crippen molar-refractivity contribution in [3.8, 4) is 11.5 Å². The fraction of sp³-hybridized carbons (Fsp3) is 0.333. The van der Waals surface area contributed by atoms with Gasteiger partial charge >= 0.3 is 7.12 Å². The molecular formula is C9H9BO4. The fourth-order valence-corrected chi connectivity index (χ4v) is 1.56. The summed E-state index contributed by atoms with van der Waals surface area (Å²) in [6.07, 6.45) is -0.463. The Morgan fingerprint density at radius 1 is 1.00 bits per heavy atom. The van der Waals surface area contributed by atoms with Crippen molar-refractivity contribution in [2.45, 2.75) is 6.19 Å². The van der Waals surface area contributed by atoms with Crippen LogP contribution in [0, 0.1) is 0 Å². The number of rotatable bonds is 1. The lowest BCUT2D eigenvalue weighted by atomic mass is 9.90. The lowest BCUT2D eigenvalue weighted by molar-refractivity contribution is 0.0857. The van der Waals surface area contributed by atoms with Crippen LogP contribution in [0.4, 0.5) is 0 Å². The van der Waals surface area contributed by atoms with Crippen molar-refractivity contribution in [1.82, 2.24) is 0 Å². The standard InChI is InChI=1S/C9H9BO4/c1-2-4-8-7(3-1)13-9(14-8)10-11-5-6-12-10/h1-4,9H,5-6H2. The Morgan fingerprint density at radius 2 is 1.57 bits per heavy atom. The number of para-hydroxylation sites is 2. The van der Waals surface area contributed by atoms with Crippen molar-refractivity contribution >= 4 is 7.12 Å². The molecule has 1 aromatic carbocycles. The van der Waals surface area contributed by atoms with Crippen molar-refractivity contribution in [3.63, 3.8) is 0 Å². The van der Waals surface area contributed by atoms with Gasteiger partial charge in [0.2, 0.25) is 0 Å². The monoisotopic (exact) mass is 192 g/mol. The third-order valence-corrected chi connectivity index (χ3v) is 2.21. The minimum absolute atomic E-state index is 0.401. The first-order valence-electron chi connectivity index (χ1n) is 4.59. The Kier molecular flexibility index (Phi) is 1.85. The zero-order valence-electron chi connectivity index (χ0n) is 7.51. The molecule has 14 heavy (non-hydrogen) atoms. The first-order chi connectivity index (χ1) is 6.93. The van der Waals surface area contributed by atoms with Gasteiger partial charge in [-0.1, -0.05) is 12.1 Å². The van der Waals surface area contributed by atoms with Crippen LogP contribution >= 0.6 is 0 Å². The molecule has 4 nitrogen and oxygen atoms in total. The van der Waals surface area contributed by atoms with Gasteiger partial charge in [-0.2, -0.15) is 0 Å². The van der Waals surface area contributed by atoms with Gasteiger partial charge in [0.05, 0.1) is 13.2 Å². The summed E-state index contributed by atoms with van der Waals surface area (Å²) in [7, 11) is -0.401. The van der Waals surface area contributed by atoms with Crippen LogP contribution in [0.1, 0.15) is 0 Å². The molecule has 0 atom stereocenters. The number of ether oxygens (including phenoxy) is 2. The summed E-state index contributed by atoms with van der Waals surface area (Å²) >= 11 is 0. The molecule has 0 spiro atoms. The van der Waals surface area contributed by atoms with Crippen molar-refractivity contribution in [1.29, 1.82) is 0 Å². The summed E-state index contributed by atoms with van der Waals surface area (Å²) in [5.41, 5.74) is 0. The van der Waals surface area contributed by atoms with E-state index in [0.29, 0.717) is 13.2 Å². The number of hydrogen-bond acceptors (Lipinski definition) is 4. The lowest BCUT2D eigenvalue weighted by Crippen LogP contribution is -2.39. The van der Waals surface area contributed by atoms with E-state index in [1.807, 2.05) is 24.3 Å². The Bertz CT molecular complexity index is 312. The van der Waals surface area contributed by atoms with Gasteiger partial charge in [-0.3, -0.25) is 0 Å². The second-order valence-corrected chi connectivity index (χ2v) is 3.16. The molecule has 0 saturated carbocycles. The Labute approximate surface area is 81.9 Å². The highest BCUT2D eigenvalue weighted by atomic mass is 16.7. The minimum Gasteiger partial charge on any atom is -0.452 e. The number of benzene rings is 1. The average molecular weight is 192 g/mol. The summed E-state index contributed by atoms with van der Waals surface area (Å²) in [6, 6.07) is 7.54. The van der Waals surface area contributed by atoms with E-state index in [0.717, 1.165) is 11.5 Å². The van der Waals surface area contributed by atoms with Gasteiger partial charge in [-0.15, -0.1) is 0 Å². The van der Waals surface area contributed by atoms with Crippen LogP contribution in [0.25, 0.3) is 0 Å². The van der Waals surface area contributed by atoms with Crippen LogP contribution in [0.3, 0.4) is 0 Å². The van der Waals surface area contributed by atoms with Crippen LogP contribution in [0.15, 0.2) is 24.3 Å². The average Bonchev–Trinajstić information content (AvgIpc) is 2.86. The Morgan fingerprint density at radius 3 is 2.14 bits per heavy atom. The van der Waals surface area contributed by atoms with Crippen molar-refractivity contribution in [2.75, 3.05) is 13.2 Å². The van der Waals surface area contributed by atoms with Crippen LogP contribution < -0.4 is 9.47 Å². The van der Waals surface area contributed by atoms with E-state index in [-0.39, 0.29) is 0 Å². The smallest absolute Gasteiger partial charge is 0.452 e. The van der Waals surface area contributed by atoms with Crippen molar-refractivity contribution in [3.05, 3.63) is 24.3 Å². The van der Waals surface area contributed by atoms with Gasteiger partial charge in [-0.25, -0.2) is 0 Å². The quantitative estimate of drug-likeness (QED) is 0.618. The Balaban J connectivity index is 1.77. The van der Waals surface area contributed by atoms with E-state index >= 15 is 0 Å². The molecule has 0 radical (unpaired) electrons. The zero-order chi connectivity index (χ0) is 9.38. The molecule has 2 aliphatic rings. The van der Waals surface area contributed by atoms with Gasteiger partial charge in [0.1, 0.15) is 0 Å². The second-order valence-electron chi connectivity index (χ2n) is 3.16. The highest BCUT2D eigenvalue weighted by Crippen LogP contribution is 2.35. The molecule has 2 aliphatic heterocycles. The van der Waals surface area contributed by atoms with E-state index in [2.05, 4.69) is 0 Å². The molecule has 3 rings (SSSR count). The predicted molar refractivity (Wildman–Crippen MR) is 49.1 cm³/mol. The molecule has 0 amide bonds. The van der Waals surface area contributed by atoms with Gasteiger partial charge in [0.15, 0.2) is 11.5 Å². The van der Waals surface area contributed by atoms with Crippen molar-refractivity contribution in [2.24, 2.45) is 0 Å². The first kappa shape index (κ1) is 8.14. The largest absolute Gasteiger partial charge is 0.548 e. The summed E-state index contributed by atoms with van der Waals surface area (Å²) in [6.45, 7) is 1.20. The zero-order valence-corrected chi connectivity index (χ0v) is 7.51. The van der Waals surface area contributed by atoms with Crippen LogP contribution in [0.2, 0.25) is 0 Å². The molecule has 72 valence electrons. The topological polar surface area (TPSA) is 36.9 Å². The molecule has 5 heteroatoms. The first-order valence-corrected chi connectivity index (χ1v) is 4.59. The molecule has 0 unspecified atom stereocenters. The Hall–Kier alpha value is -1.20. The van der Waals surface area contributed by atoms with E-state index in [1.165, 1.54) is 0 Å². The summed E-state index contributed by atoms with van der Waals surface area (Å²) in [5.74, 6) is 1.49. The van der Waals surface area contributed by atoms with E-state index < -0.39 is 13.3 Å². The number of hydrogen-bond donors (Lipinski definition) is 0. The second kappa shape index (κ2) is 3.18. The lowest BCUT2D eigenvalue weighted by Gasteiger charge is -2.11. The molecule has 0 aliphatic carbocycles. The van der Waals surface area contributed by atoms with Gasteiger partial charge in [0.25, 0.3) is 6.19 Å². The molecule has 0 aromatic heterocycles. The van der Waals surface area contributed by atoms with Crippen molar-refractivity contribution < 1.29 is 18.8 Å². The highest BCUT2D eigenvalue weighted by Gasteiger charge is 2.42. The van der Waals surface area contributed by atoms with E-state index in [1.54, 1.807) is 0 Å². The molecule has 0 N–H and O–H groups in total. The summed E-state index contributed by atoms with van der Waals surface area (Å²) < 4.78 is 21.6. The third-order valence-electron chi connectivity index (χ3n) is 2.21. The third kappa shape index (κ3) is 1.25. The fourth-order valence-electron chi connectivity index (χ4n) is 1.56. The molecular weight excluding hydrogens is 183 g/mol. The molecule has 1 saturated heterocycles. The SMILES string of the molecule is c1ccc2c(c1)OC(B1OCCO1)O2. The van der Waals surface area contributed by atoms with E-state index in [4.69, 9.17) is 18.8 Å². The minimum atomic E-state index is -0.463. The molecule has 1 fully saturated rings. The van der Waals surface area contributed by atoms with Gasteiger partial charge < -0.3 is 18.8 Å². The van der Waals surface area contributed by atoms with Gasteiger partial charge in [0, 0.05) is 0 Å². The maximum absolute atomic E-state index is 5.52. The summed E-state index contributed by atoms with van der Waals surface area (Å²) in [5, 5.41) is 0. The predicted octanol–water partition coefficient (Wildman–Crippen LogP) is 0.858. The molecule has 1 aromatic rings. The van der Waals surface area contributed by atoms with Gasteiger partial charge in [-0.05, 0) is 12.1 Å².